The molecular weight excluding hydrogens is 327 g/mol. The summed E-state index contributed by atoms with van der Waals surface area (Å²) in [4.78, 5) is 35.6. The third-order valence-corrected chi connectivity index (χ3v) is 3.54. The molecule has 0 saturated carbocycles. The summed E-state index contributed by atoms with van der Waals surface area (Å²) >= 11 is 16.8. The van der Waals surface area contributed by atoms with Crippen molar-refractivity contribution in [2.24, 2.45) is 0 Å². The second-order valence-electron chi connectivity index (χ2n) is 3.88. The third kappa shape index (κ3) is 2.95. The Labute approximate surface area is 129 Å². The van der Waals surface area contributed by atoms with Crippen molar-refractivity contribution in [3.8, 4) is 0 Å². The van der Waals surface area contributed by atoms with Crippen LogP contribution < -0.4 is 5.32 Å². The fraction of sp³-hybridized carbons (Fsp3) is 0.0833. The van der Waals surface area contributed by atoms with E-state index in [4.69, 9.17) is 34.8 Å². The lowest BCUT2D eigenvalue weighted by molar-refractivity contribution is -0.140. The average molecular weight is 334 g/mol. The van der Waals surface area contributed by atoms with Crippen molar-refractivity contribution < 1.29 is 14.4 Å². The van der Waals surface area contributed by atoms with Crippen LogP contribution in [0, 0.1) is 0 Å². The molecule has 1 aliphatic rings. The monoisotopic (exact) mass is 332 g/mol. The summed E-state index contributed by atoms with van der Waals surface area (Å²) in [5.74, 6) is -2.12. The van der Waals surface area contributed by atoms with E-state index in [-0.39, 0.29) is 10.1 Å². The molecule has 0 fully saturated rings. The maximum atomic E-state index is 11.8. The first-order valence-corrected chi connectivity index (χ1v) is 6.50. The number of nitrogens with zero attached hydrogens (tertiary/aromatic N) is 1. The van der Waals surface area contributed by atoms with Crippen LogP contribution in [0.3, 0.4) is 0 Å². The number of nitrogens with one attached hydrogen (secondary N) is 1. The van der Waals surface area contributed by atoms with Gasteiger partial charge in [0.2, 0.25) is 5.91 Å². The first-order valence-electron chi connectivity index (χ1n) is 5.37. The normalized spacial score (nSPS) is 15.1. The largest absolute Gasteiger partial charge is 0.325 e. The maximum absolute atomic E-state index is 11.8. The molecule has 0 unspecified atom stereocenters. The van der Waals surface area contributed by atoms with Crippen molar-refractivity contribution in [1.82, 2.24) is 4.90 Å². The topological polar surface area (TPSA) is 66.5 Å². The lowest BCUT2D eigenvalue weighted by Crippen LogP contribution is -2.38. The van der Waals surface area contributed by atoms with E-state index in [0.717, 1.165) is 0 Å². The highest BCUT2D eigenvalue weighted by molar-refractivity contribution is 6.58. The van der Waals surface area contributed by atoms with Gasteiger partial charge in [-0.3, -0.25) is 19.3 Å². The molecule has 20 heavy (non-hydrogen) atoms. The highest BCUT2D eigenvalue weighted by atomic mass is 35.5. The Kier molecular flexibility index (Phi) is 4.32. The highest BCUT2D eigenvalue weighted by Gasteiger charge is 2.37. The van der Waals surface area contributed by atoms with Gasteiger partial charge in [-0.05, 0) is 24.3 Å². The molecule has 2 rings (SSSR count). The Morgan fingerprint density at radius 2 is 1.50 bits per heavy atom. The second kappa shape index (κ2) is 5.83. The van der Waals surface area contributed by atoms with Gasteiger partial charge < -0.3 is 5.32 Å². The summed E-state index contributed by atoms with van der Waals surface area (Å²) in [6.07, 6.45) is 0. The van der Waals surface area contributed by atoms with Crippen LogP contribution in [0.4, 0.5) is 5.69 Å². The highest BCUT2D eigenvalue weighted by Crippen LogP contribution is 2.26. The number of carbonyl (C=O) groups excluding carboxylic acids is 3. The molecule has 5 nitrogen and oxygen atoms in total. The summed E-state index contributed by atoms with van der Waals surface area (Å²) in [5.41, 5.74) is 0.489. The Morgan fingerprint density at radius 3 is 2.00 bits per heavy atom. The van der Waals surface area contributed by atoms with Crippen molar-refractivity contribution in [2.45, 2.75) is 0 Å². The fourth-order valence-corrected chi connectivity index (χ4v) is 2.03. The van der Waals surface area contributed by atoms with Gasteiger partial charge in [0.15, 0.2) is 0 Å². The van der Waals surface area contributed by atoms with E-state index in [0.29, 0.717) is 15.6 Å². The van der Waals surface area contributed by atoms with Gasteiger partial charge in [-0.25, -0.2) is 0 Å². The molecule has 1 aromatic carbocycles. The number of hydrogen-bond acceptors (Lipinski definition) is 3. The van der Waals surface area contributed by atoms with Gasteiger partial charge in [0.05, 0.1) is 0 Å². The van der Waals surface area contributed by atoms with Crippen molar-refractivity contribution in [2.75, 3.05) is 11.9 Å². The van der Waals surface area contributed by atoms with Crippen molar-refractivity contribution >= 4 is 58.2 Å². The van der Waals surface area contributed by atoms with Crippen LogP contribution in [-0.4, -0.2) is 29.2 Å². The molecule has 0 saturated heterocycles. The Hall–Kier alpha value is -1.56. The van der Waals surface area contributed by atoms with Crippen LogP contribution in [0.2, 0.25) is 5.02 Å². The van der Waals surface area contributed by atoms with E-state index in [1.807, 2.05) is 0 Å². The van der Waals surface area contributed by atoms with Crippen LogP contribution in [-0.2, 0) is 14.4 Å². The minimum atomic E-state index is -0.784. The number of rotatable bonds is 3. The van der Waals surface area contributed by atoms with E-state index in [1.54, 1.807) is 24.3 Å². The predicted octanol–water partition coefficient (Wildman–Crippen LogP) is 2.34. The number of hydrogen-bond donors (Lipinski definition) is 1. The van der Waals surface area contributed by atoms with Crippen molar-refractivity contribution in [1.29, 1.82) is 0 Å². The van der Waals surface area contributed by atoms with E-state index in [1.165, 1.54) is 0 Å². The summed E-state index contributed by atoms with van der Waals surface area (Å²) in [7, 11) is 0. The quantitative estimate of drug-likeness (QED) is 0.863. The van der Waals surface area contributed by atoms with Gasteiger partial charge in [-0.15, -0.1) is 0 Å². The molecule has 1 aliphatic heterocycles. The lowest BCUT2D eigenvalue weighted by Gasteiger charge is -2.13. The zero-order valence-electron chi connectivity index (χ0n) is 9.82. The summed E-state index contributed by atoms with van der Waals surface area (Å²) < 4.78 is 0. The van der Waals surface area contributed by atoms with Crippen molar-refractivity contribution in [3.05, 3.63) is 39.4 Å². The molecule has 0 atom stereocenters. The molecule has 8 heteroatoms. The average Bonchev–Trinajstić information content (AvgIpc) is 2.59. The van der Waals surface area contributed by atoms with Crippen LogP contribution in [0.1, 0.15) is 0 Å². The number of anilines is 1. The fourth-order valence-electron chi connectivity index (χ4n) is 1.54. The van der Waals surface area contributed by atoms with E-state index < -0.39 is 24.3 Å². The Morgan fingerprint density at radius 1 is 1.00 bits per heavy atom. The van der Waals surface area contributed by atoms with Crippen molar-refractivity contribution in [3.63, 3.8) is 0 Å². The molecule has 1 aromatic rings. The lowest BCUT2D eigenvalue weighted by atomic mass is 10.3. The molecule has 0 radical (unpaired) electrons. The zero-order chi connectivity index (χ0) is 14.9. The van der Waals surface area contributed by atoms with Crippen LogP contribution in [0.5, 0.6) is 0 Å². The first kappa shape index (κ1) is 14.8. The van der Waals surface area contributed by atoms with Crippen LogP contribution in [0.25, 0.3) is 0 Å². The molecule has 0 bridgehead atoms. The zero-order valence-corrected chi connectivity index (χ0v) is 12.1. The first-order chi connectivity index (χ1) is 9.40. The second-order valence-corrected chi connectivity index (χ2v) is 5.07. The SMILES string of the molecule is O=C(CN1C(=O)C(Cl)=C(Cl)C1=O)Nc1ccc(Cl)cc1. The van der Waals surface area contributed by atoms with Crippen LogP contribution >= 0.6 is 34.8 Å². The summed E-state index contributed by atoms with van der Waals surface area (Å²) in [6.45, 7) is -0.466. The van der Waals surface area contributed by atoms with Gasteiger partial charge >= 0.3 is 0 Å². The molecule has 3 amide bonds. The number of amides is 3. The number of carbonyl (C=O) groups is 3. The molecule has 0 aromatic heterocycles. The number of imide groups is 1. The molecule has 0 aliphatic carbocycles. The van der Waals surface area contributed by atoms with E-state index in [2.05, 4.69) is 5.32 Å². The minimum Gasteiger partial charge on any atom is -0.325 e. The third-order valence-electron chi connectivity index (χ3n) is 2.49. The molecule has 1 heterocycles. The molecule has 0 spiro atoms. The predicted molar refractivity (Wildman–Crippen MR) is 75.5 cm³/mol. The van der Waals surface area contributed by atoms with Crippen LogP contribution in [0.15, 0.2) is 34.3 Å². The minimum absolute atomic E-state index is 0.379. The van der Waals surface area contributed by atoms with Gasteiger partial charge in [-0.2, -0.15) is 0 Å². The standard InChI is InChI=1S/C12H7Cl3N2O3/c13-6-1-3-7(4-2-6)16-8(18)5-17-11(19)9(14)10(15)12(17)20/h1-4H,5H2,(H,16,18). The molecule has 104 valence electrons. The Bertz CT molecular complexity index is 601. The molecular formula is C12H7Cl3N2O3. The van der Waals surface area contributed by atoms with Gasteiger partial charge in [-0.1, -0.05) is 34.8 Å². The summed E-state index contributed by atoms with van der Waals surface area (Å²) in [5, 5.41) is 2.28. The van der Waals surface area contributed by atoms with Gasteiger partial charge in [0, 0.05) is 10.7 Å². The Balaban J connectivity index is 2.01. The van der Waals surface area contributed by atoms with Gasteiger partial charge in [0.1, 0.15) is 16.6 Å². The van der Waals surface area contributed by atoms with Gasteiger partial charge in [0.25, 0.3) is 11.8 Å². The van der Waals surface area contributed by atoms with E-state index in [9.17, 15) is 14.4 Å². The smallest absolute Gasteiger partial charge is 0.274 e. The van der Waals surface area contributed by atoms with E-state index >= 15 is 0 Å². The number of benzene rings is 1. The maximum Gasteiger partial charge on any atom is 0.274 e. The summed E-state index contributed by atoms with van der Waals surface area (Å²) in [6, 6.07) is 6.37. The number of halogens is 3. The molecule has 1 N–H and O–H groups in total.